The number of hydrazone groups is 1. The van der Waals surface area contributed by atoms with E-state index in [0.29, 0.717) is 16.2 Å². The SMILES string of the molecule is C/C(=N/NC(=O)c1cccs1)c1cccc(OC(F)F)c1. The van der Waals surface area contributed by atoms with E-state index in [1.807, 2.05) is 0 Å². The summed E-state index contributed by atoms with van der Waals surface area (Å²) in [5.74, 6) is -0.272. The number of alkyl halides is 2. The lowest BCUT2D eigenvalue weighted by Gasteiger charge is -2.06. The lowest BCUT2D eigenvalue weighted by atomic mass is 10.1. The van der Waals surface area contributed by atoms with Crippen molar-refractivity contribution >= 4 is 23.0 Å². The molecule has 110 valence electrons. The van der Waals surface area contributed by atoms with Crippen molar-refractivity contribution < 1.29 is 18.3 Å². The smallest absolute Gasteiger partial charge is 0.387 e. The molecule has 21 heavy (non-hydrogen) atoms. The van der Waals surface area contributed by atoms with E-state index in [1.165, 1.54) is 23.5 Å². The van der Waals surface area contributed by atoms with E-state index >= 15 is 0 Å². The molecule has 0 fully saturated rings. The summed E-state index contributed by atoms with van der Waals surface area (Å²) in [4.78, 5) is 12.3. The van der Waals surface area contributed by atoms with Crippen LogP contribution in [0.5, 0.6) is 5.75 Å². The molecular weight excluding hydrogens is 298 g/mol. The van der Waals surface area contributed by atoms with Crippen LogP contribution in [-0.2, 0) is 0 Å². The zero-order chi connectivity index (χ0) is 15.2. The molecule has 1 N–H and O–H groups in total. The number of amides is 1. The van der Waals surface area contributed by atoms with E-state index in [0.717, 1.165) is 0 Å². The quantitative estimate of drug-likeness (QED) is 0.679. The second-order valence-electron chi connectivity index (χ2n) is 4.02. The fraction of sp³-hybridized carbons (Fsp3) is 0.143. The molecule has 7 heteroatoms. The number of nitrogens with one attached hydrogen (secondary N) is 1. The molecule has 0 radical (unpaired) electrons. The number of benzene rings is 1. The minimum atomic E-state index is -2.88. The number of hydrogen-bond acceptors (Lipinski definition) is 4. The van der Waals surface area contributed by atoms with Gasteiger partial charge in [0.05, 0.1) is 10.6 Å². The number of carbonyl (C=O) groups is 1. The first-order valence-corrected chi connectivity index (χ1v) is 6.87. The topological polar surface area (TPSA) is 50.7 Å². The minimum Gasteiger partial charge on any atom is -0.435 e. The van der Waals surface area contributed by atoms with Gasteiger partial charge in [0.25, 0.3) is 5.91 Å². The molecular formula is C14H12F2N2O2S. The Morgan fingerprint density at radius 2 is 2.14 bits per heavy atom. The maximum absolute atomic E-state index is 12.2. The van der Waals surface area contributed by atoms with Crippen LogP contribution in [0.25, 0.3) is 0 Å². The molecule has 2 rings (SSSR count). The van der Waals surface area contributed by atoms with Crippen LogP contribution in [0.2, 0.25) is 0 Å². The van der Waals surface area contributed by atoms with Gasteiger partial charge in [0.15, 0.2) is 0 Å². The molecule has 1 amide bonds. The Morgan fingerprint density at radius 3 is 2.81 bits per heavy atom. The third-order valence-corrected chi connectivity index (χ3v) is 3.42. The highest BCUT2D eigenvalue weighted by Gasteiger charge is 2.07. The van der Waals surface area contributed by atoms with Gasteiger partial charge in [-0.2, -0.15) is 13.9 Å². The Bertz CT molecular complexity index is 642. The summed E-state index contributed by atoms with van der Waals surface area (Å²) >= 11 is 1.30. The van der Waals surface area contributed by atoms with E-state index < -0.39 is 6.61 Å². The number of ether oxygens (including phenoxy) is 1. The molecule has 0 bridgehead atoms. The molecule has 0 aliphatic carbocycles. The monoisotopic (exact) mass is 310 g/mol. The van der Waals surface area contributed by atoms with Crippen molar-refractivity contribution in [1.82, 2.24) is 5.43 Å². The first-order valence-electron chi connectivity index (χ1n) is 5.99. The standard InChI is InChI=1S/C14H12F2N2O2S/c1-9(17-18-13(19)12-6-3-7-21-12)10-4-2-5-11(8-10)20-14(15)16/h2-8,14H,1H3,(H,18,19)/b17-9-. The van der Waals surface area contributed by atoms with Gasteiger partial charge in [0.1, 0.15) is 5.75 Å². The molecule has 0 saturated heterocycles. The number of nitrogens with zero attached hydrogens (tertiary/aromatic N) is 1. The van der Waals surface area contributed by atoms with Crippen molar-refractivity contribution in [2.75, 3.05) is 0 Å². The minimum absolute atomic E-state index is 0.0432. The van der Waals surface area contributed by atoms with Crippen LogP contribution in [0.1, 0.15) is 22.2 Å². The van der Waals surface area contributed by atoms with Crippen molar-refractivity contribution in [3.63, 3.8) is 0 Å². The summed E-state index contributed by atoms with van der Waals surface area (Å²) in [7, 11) is 0. The van der Waals surface area contributed by atoms with E-state index in [-0.39, 0.29) is 11.7 Å². The molecule has 1 aromatic heterocycles. The Balaban J connectivity index is 2.07. The van der Waals surface area contributed by atoms with Crippen molar-refractivity contribution in [3.05, 3.63) is 52.2 Å². The Hall–Kier alpha value is -2.28. The fourth-order valence-corrected chi connectivity index (χ4v) is 2.17. The molecule has 0 spiro atoms. The maximum atomic E-state index is 12.2. The highest BCUT2D eigenvalue weighted by Crippen LogP contribution is 2.16. The van der Waals surface area contributed by atoms with Gasteiger partial charge in [-0.15, -0.1) is 11.3 Å². The lowest BCUT2D eigenvalue weighted by Crippen LogP contribution is -2.18. The van der Waals surface area contributed by atoms with Gasteiger partial charge in [-0.05, 0) is 30.5 Å². The van der Waals surface area contributed by atoms with Crippen LogP contribution in [0.3, 0.4) is 0 Å². The third kappa shape index (κ3) is 4.35. The summed E-state index contributed by atoms with van der Waals surface area (Å²) in [6.45, 7) is -1.22. The molecule has 0 aliphatic heterocycles. The van der Waals surface area contributed by atoms with Crippen LogP contribution in [0.15, 0.2) is 46.9 Å². The van der Waals surface area contributed by atoms with Gasteiger partial charge in [-0.3, -0.25) is 4.79 Å². The molecule has 1 heterocycles. The van der Waals surface area contributed by atoms with E-state index in [9.17, 15) is 13.6 Å². The predicted octanol–water partition coefficient (Wildman–Crippen LogP) is 3.50. The van der Waals surface area contributed by atoms with Gasteiger partial charge >= 0.3 is 6.61 Å². The molecule has 0 saturated carbocycles. The first-order chi connectivity index (χ1) is 10.1. The zero-order valence-electron chi connectivity index (χ0n) is 11.0. The average Bonchev–Trinajstić information content (AvgIpc) is 2.98. The van der Waals surface area contributed by atoms with Crippen LogP contribution < -0.4 is 10.2 Å². The van der Waals surface area contributed by atoms with Gasteiger partial charge in [-0.25, -0.2) is 5.43 Å². The number of thiophene rings is 1. The van der Waals surface area contributed by atoms with Crippen molar-refractivity contribution in [2.24, 2.45) is 5.10 Å². The molecule has 4 nitrogen and oxygen atoms in total. The van der Waals surface area contributed by atoms with E-state index in [1.54, 1.807) is 36.6 Å². The molecule has 2 aromatic rings. The first kappa shape index (κ1) is 15.1. The summed E-state index contributed by atoms with van der Waals surface area (Å²) in [5.41, 5.74) is 3.48. The fourth-order valence-electron chi connectivity index (χ4n) is 1.56. The molecule has 1 aromatic carbocycles. The number of carbonyl (C=O) groups excluding carboxylic acids is 1. The van der Waals surface area contributed by atoms with Gasteiger partial charge in [-0.1, -0.05) is 18.2 Å². The number of hydrogen-bond donors (Lipinski definition) is 1. The zero-order valence-corrected chi connectivity index (χ0v) is 11.9. The van der Waals surface area contributed by atoms with Gasteiger partial charge in [0, 0.05) is 5.56 Å². The van der Waals surface area contributed by atoms with Crippen LogP contribution in [0.4, 0.5) is 8.78 Å². The highest BCUT2D eigenvalue weighted by molar-refractivity contribution is 7.12. The normalized spacial score (nSPS) is 11.5. The summed E-state index contributed by atoms with van der Waals surface area (Å²) in [6.07, 6.45) is 0. The van der Waals surface area contributed by atoms with Crippen molar-refractivity contribution in [3.8, 4) is 5.75 Å². The number of halogens is 2. The maximum Gasteiger partial charge on any atom is 0.387 e. The third-order valence-electron chi connectivity index (χ3n) is 2.55. The molecule has 0 aliphatic rings. The Labute approximate surface area is 124 Å². The van der Waals surface area contributed by atoms with E-state index in [4.69, 9.17) is 0 Å². The summed E-state index contributed by atoms with van der Waals surface area (Å²) in [5, 5.41) is 5.74. The molecule has 0 atom stereocenters. The summed E-state index contributed by atoms with van der Waals surface area (Å²) in [6, 6.07) is 9.57. The average molecular weight is 310 g/mol. The van der Waals surface area contributed by atoms with Crippen molar-refractivity contribution in [1.29, 1.82) is 0 Å². The number of rotatable bonds is 5. The van der Waals surface area contributed by atoms with Gasteiger partial charge < -0.3 is 4.74 Å². The predicted molar refractivity (Wildman–Crippen MR) is 77.1 cm³/mol. The van der Waals surface area contributed by atoms with E-state index in [2.05, 4.69) is 15.3 Å². The van der Waals surface area contributed by atoms with Gasteiger partial charge in [0.2, 0.25) is 0 Å². The Kier molecular flexibility index (Phi) is 4.99. The second kappa shape index (κ2) is 6.94. The molecule has 0 unspecified atom stereocenters. The van der Waals surface area contributed by atoms with Crippen LogP contribution >= 0.6 is 11.3 Å². The largest absolute Gasteiger partial charge is 0.435 e. The van der Waals surface area contributed by atoms with Crippen LogP contribution in [-0.4, -0.2) is 18.2 Å². The Morgan fingerprint density at radius 1 is 1.33 bits per heavy atom. The summed E-state index contributed by atoms with van der Waals surface area (Å²) < 4.78 is 28.6. The highest BCUT2D eigenvalue weighted by atomic mass is 32.1. The van der Waals surface area contributed by atoms with Crippen LogP contribution in [0, 0.1) is 0 Å². The lowest BCUT2D eigenvalue weighted by molar-refractivity contribution is -0.0498. The second-order valence-corrected chi connectivity index (χ2v) is 4.97. The van der Waals surface area contributed by atoms with Crippen molar-refractivity contribution in [2.45, 2.75) is 13.5 Å².